The lowest BCUT2D eigenvalue weighted by Gasteiger charge is -2.33. The highest BCUT2D eigenvalue weighted by molar-refractivity contribution is 5.98. The molecule has 2 aliphatic rings. The zero-order valence-electron chi connectivity index (χ0n) is 21.5. The highest BCUT2D eigenvalue weighted by Crippen LogP contribution is 2.41. The minimum atomic E-state index is -0.200. The lowest BCUT2D eigenvalue weighted by Crippen LogP contribution is -2.46. The van der Waals surface area contributed by atoms with Gasteiger partial charge < -0.3 is 24.9 Å². The second-order valence-electron chi connectivity index (χ2n) is 10.5. The van der Waals surface area contributed by atoms with E-state index >= 15 is 0 Å². The lowest BCUT2D eigenvalue weighted by atomic mass is 9.84. The molecule has 10 nitrogen and oxygen atoms in total. The number of hydrogen-bond acceptors (Lipinski definition) is 8. The van der Waals surface area contributed by atoms with Gasteiger partial charge in [0.25, 0.3) is 0 Å². The smallest absolute Gasteiger partial charge is 0.374 e. The fraction of sp³-hybridized carbons (Fsp3) is 0.538. The van der Waals surface area contributed by atoms with Gasteiger partial charge in [0.1, 0.15) is 12.4 Å². The fourth-order valence-corrected chi connectivity index (χ4v) is 4.58. The van der Waals surface area contributed by atoms with Crippen LogP contribution in [0.15, 0.2) is 24.3 Å². The van der Waals surface area contributed by atoms with Crippen molar-refractivity contribution in [3.8, 4) is 5.75 Å². The van der Waals surface area contributed by atoms with Gasteiger partial charge in [-0.3, -0.25) is 4.79 Å². The molecule has 1 aromatic carbocycles. The summed E-state index contributed by atoms with van der Waals surface area (Å²) in [5, 5.41) is 8.84. The fourth-order valence-electron chi connectivity index (χ4n) is 4.58. The van der Waals surface area contributed by atoms with Gasteiger partial charge in [0.15, 0.2) is 5.78 Å². The summed E-state index contributed by atoms with van der Waals surface area (Å²) in [6.07, 6.45) is 2.50. The van der Waals surface area contributed by atoms with Gasteiger partial charge in [0.05, 0.1) is 43.0 Å². The Hall–Kier alpha value is -3.40. The Balaban J connectivity index is 1.35. The van der Waals surface area contributed by atoms with E-state index in [4.69, 9.17) is 20.0 Å². The Morgan fingerprint density at radius 2 is 1.97 bits per heavy atom. The van der Waals surface area contributed by atoms with Crippen LogP contribution in [0.2, 0.25) is 0 Å². The number of aromatic nitrogens is 4. The summed E-state index contributed by atoms with van der Waals surface area (Å²) < 4.78 is 13.0. The summed E-state index contributed by atoms with van der Waals surface area (Å²) in [5.74, 6) is 1.56. The monoisotopic (exact) mass is 495 g/mol. The number of benzene rings is 1. The van der Waals surface area contributed by atoms with Gasteiger partial charge in [-0.2, -0.15) is 0 Å². The number of anilines is 2. The molecular formula is C26H35N6O4+. The molecule has 0 atom stereocenters. The quantitative estimate of drug-likeness (QED) is 0.375. The van der Waals surface area contributed by atoms with Crippen molar-refractivity contribution >= 4 is 23.1 Å². The zero-order chi connectivity index (χ0) is 25.4. The van der Waals surface area contributed by atoms with Gasteiger partial charge >= 0.3 is 11.6 Å². The van der Waals surface area contributed by atoms with Crippen molar-refractivity contribution in [1.29, 1.82) is 0 Å². The van der Waals surface area contributed by atoms with Crippen LogP contribution in [0.4, 0.5) is 11.6 Å². The predicted molar refractivity (Wildman–Crippen MR) is 135 cm³/mol. The second-order valence-corrected chi connectivity index (χ2v) is 10.5. The number of rotatable bonds is 8. The zero-order valence-corrected chi connectivity index (χ0v) is 21.5. The van der Waals surface area contributed by atoms with E-state index in [1.165, 1.54) is 4.85 Å². The Morgan fingerprint density at radius 3 is 2.64 bits per heavy atom. The first-order valence-electron chi connectivity index (χ1n) is 12.6. The number of nitrogens with two attached hydrogens (primary N) is 1. The number of nitrogens with zero attached hydrogens (tertiary/aromatic N) is 5. The average Bonchev–Trinajstić information content (AvgIpc) is 3.68. The van der Waals surface area contributed by atoms with Crippen LogP contribution < -0.4 is 25.1 Å². The van der Waals surface area contributed by atoms with Crippen LogP contribution in [0.3, 0.4) is 0 Å². The van der Waals surface area contributed by atoms with Crippen LogP contribution >= 0.6 is 0 Å². The van der Waals surface area contributed by atoms with Gasteiger partial charge in [-0.25, -0.2) is 0 Å². The van der Waals surface area contributed by atoms with Gasteiger partial charge in [-0.1, -0.05) is 30.4 Å². The van der Waals surface area contributed by atoms with Crippen molar-refractivity contribution in [3.63, 3.8) is 0 Å². The van der Waals surface area contributed by atoms with Crippen molar-refractivity contribution in [1.82, 2.24) is 14.7 Å². The van der Waals surface area contributed by atoms with E-state index in [1.54, 1.807) is 11.6 Å². The summed E-state index contributed by atoms with van der Waals surface area (Å²) in [5.41, 5.74) is 10.1. The van der Waals surface area contributed by atoms with Gasteiger partial charge in [-0.05, 0) is 36.5 Å². The van der Waals surface area contributed by atoms with Crippen LogP contribution in [-0.4, -0.2) is 60.5 Å². The largest absolute Gasteiger partial charge is 0.494 e. The number of methoxy groups -OCH3 is 1. The van der Waals surface area contributed by atoms with E-state index in [2.05, 4.69) is 35.9 Å². The molecule has 36 heavy (non-hydrogen) atoms. The number of ether oxygens (including phenoxy) is 2. The molecule has 1 saturated carbocycles. The predicted octanol–water partition coefficient (Wildman–Crippen LogP) is 2.32. The van der Waals surface area contributed by atoms with E-state index < -0.39 is 0 Å². The van der Waals surface area contributed by atoms with Crippen LogP contribution in [0, 0.1) is 0 Å². The van der Waals surface area contributed by atoms with E-state index in [1.807, 2.05) is 24.3 Å². The summed E-state index contributed by atoms with van der Waals surface area (Å²) in [6, 6.07) is 7.77. The Bertz CT molecular complexity index is 1270. The molecule has 0 unspecified atom stereocenters. The second kappa shape index (κ2) is 9.57. The average molecular weight is 496 g/mol. The third-order valence-corrected chi connectivity index (χ3v) is 6.74. The van der Waals surface area contributed by atoms with Crippen LogP contribution in [-0.2, 0) is 10.2 Å². The molecule has 2 fully saturated rings. The molecule has 1 saturated heterocycles. The molecule has 5 rings (SSSR count). The first-order chi connectivity index (χ1) is 17.3. The molecule has 2 aromatic heterocycles. The number of nitrogen functional groups attached to an aromatic ring is 1. The van der Waals surface area contributed by atoms with Crippen molar-refractivity contribution in [3.05, 3.63) is 41.1 Å². The maximum absolute atomic E-state index is 13.3. The van der Waals surface area contributed by atoms with Gasteiger partial charge in [0, 0.05) is 41.3 Å². The van der Waals surface area contributed by atoms with Crippen LogP contribution in [0.25, 0.3) is 5.65 Å². The minimum Gasteiger partial charge on any atom is -0.494 e. The first-order valence-corrected chi connectivity index (χ1v) is 12.6. The molecule has 3 heterocycles. The van der Waals surface area contributed by atoms with Crippen molar-refractivity contribution < 1.29 is 24.0 Å². The topological polar surface area (TPSA) is 108 Å². The van der Waals surface area contributed by atoms with Crippen LogP contribution in [0.1, 0.15) is 67.6 Å². The molecular weight excluding hydrogens is 460 g/mol. The molecule has 10 heteroatoms. The number of Topliss-reactive ketones (excluding diaryl/α,β-unsaturated/α-hetero) is 1. The van der Waals surface area contributed by atoms with Gasteiger partial charge in [-0.15, -0.1) is 0 Å². The molecule has 192 valence electrons. The standard InChI is InChI=1S/C26H35N6O4/c1-26(2,3)19-15-18(16-21(24(19)34-4)30-10-13-35-14-11-30)22(33)9-12-36-32-23-8-7-20(17-5-6-17)28-31(23)25(27)29-32/h7-8,15-17H,5-6,9-14H2,1-4H3,(H2,27,29)/q+1. The summed E-state index contributed by atoms with van der Waals surface area (Å²) in [4.78, 5) is 22.7. The Labute approximate surface area is 210 Å². The number of fused-ring (bicyclic) bond motifs is 1. The lowest BCUT2D eigenvalue weighted by molar-refractivity contribution is -0.914. The summed E-state index contributed by atoms with van der Waals surface area (Å²) in [6.45, 7) is 9.33. The highest BCUT2D eigenvalue weighted by atomic mass is 16.7. The molecule has 1 aliphatic carbocycles. The molecule has 3 aromatic rings. The van der Waals surface area contributed by atoms with E-state index in [-0.39, 0.29) is 30.2 Å². The number of morpholine rings is 1. The molecule has 0 spiro atoms. The molecule has 0 amide bonds. The SMILES string of the molecule is COc1c(N2CCOCC2)cc(C(=O)CCO[n+]2nc(N)n3nc(C4CC4)ccc32)cc1C(C)(C)C. The molecule has 0 bridgehead atoms. The minimum absolute atomic E-state index is 0.0103. The Kier molecular flexibility index (Phi) is 6.46. The normalized spacial score (nSPS) is 16.4. The highest BCUT2D eigenvalue weighted by Gasteiger charge is 2.30. The number of carbonyl (C=O) groups excluding carboxylic acids is 1. The summed E-state index contributed by atoms with van der Waals surface area (Å²) in [7, 11) is 1.68. The first kappa shape index (κ1) is 24.3. The number of ketones is 1. The van der Waals surface area contributed by atoms with Crippen LogP contribution in [0.5, 0.6) is 5.75 Å². The Morgan fingerprint density at radius 1 is 1.22 bits per heavy atom. The van der Waals surface area contributed by atoms with E-state index in [0.717, 1.165) is 48.6 Å². The third kappa shape index (κ3) is 4.82. The number of carbonyl (C=O) groups is 1. The molecule has 1 aliphatic heterocycles. The van der Waals surface area contributed by atoms with Crippen molar-refractivity contribution in [2.75, 3.05) is 50.7 Å². The number of hydrogen-bond donors (Lipinski definition) is 1. The van der Waals surface area contributed by atoms with Crippen molar-refractivity contribution in [2.24, 2.45) is 0 Å². The molecule has 2 N–H and O–H groups in total. The summed E-state index contributed by atoms with van der Waals surface area (Å²) >= 11 is 0. The van der Waals surface area contributed by atoms with Crippen molar-refractivity contribution in [2.45, 2.75) is 51.4 Å². The maximum Gasteiger partial charge on any atom is 0.374 e. The van der Waals surface area contributed by atoms with E-state index in [0.29, 0.717) is 30.3 Å². The molecule has 0 radical (unpaired) electrons. The van der Waals surface area contributed by atoms with E-state index in [9.17, 15) is 4.79 Å². The third-order valence-electron chi connectivity index (χ3n) is 6.74. The maximum atomic E-state index is 13.3. The van der Waals surface area contributed by atoms with Gasteiger partial charge in [0.2, 0.25) is 0 Å².